The molecular formula is C19H26ClN5O. The van der Waals surface area contributed by atoms with E-state index in [1.807, 2.05) is 24.4 Å². The fraction of sp³-hybridized carbons (Fsp3) is 0.474. The van der Waals surface area contributed by atoms with Gasteiger partial charge in [0.1, 0.15) is 11.6 Å². The second-order valence-corrected chi connectivity index (χ2v) is 6.90. The molecule has 6 nitrogen and oxygen atoms in total. The van der Waals surface area contributed by atoms with Gasteiger partial charge < -0.3 is 9.64 Å². The molecule has 2 aliphatic rings. The zero-order valence-electron chi connectivity index (χ0n) is 15.6. The molecule has 0 aromatic heterocycles. The molecule has 0 radical (unpaired) electrons. The van der Waals surface area contributed by atoms with E-state index in [1.165, 1.54) is 0 Å². The number of hydrogen-bond acceptors (Lipinski definition) is 6. The minimum Gasteiger partial charge on any atom is -0.497 e. The Labute approximate surface area is 160 Å². The Kier molecular flexibility index (Phi) is 5.53. The van der Waals surface area contributed by atoms with Crippen molar-refractivity contribution in [1.82, 2.24) is 9.80 Å². The molecule has 0 saturated carbocycles. The van der Waals surface area contributed by atoms with Crippen molar-refractivity contribution in [2.45, 2.75) is 32.4 Å². The third-order valence-electron chi connectivity index (χ3n) is 4.54. The Hall–Kier alpha value is -2.05. The van der Waals surface area contributed by atoms with Crippen LogP contribution in [-0.2, 0) is 5.66 Å². The highest BCUT2D eigenvalue weighted by molar-refractivity contribution is 6.31. The molecule has 1 unspecified atom stereocenters. The highest BCUT2D eigenvalue weighted by Gasteiger charge is 2.37. The van der Waals surface area contributed by atoms with Crippen LogP contribution in [0.25, 0.3) is 0 Å². The average Bonchev–Trinajstić information content (AvgIpc) is 3.08. The Balaban J connectivity index is 2.07. The quantitative estimate of drug-likeness (QED) is 0.794. The van der Waals surface area contributed by atoms with Crippen molar-refractivity contribution in [1.29, 1.82) is 0 Å². The van der Waals surface area contributed by atoms with E-state index < -0.39 is 5.66 Å². The van der Waals surface area contributed by atoms with Gasteiger partial charge in [0.15, 0.2) is 5.66 Å². The van der Waals surface area contributed by atoms with Gasteiger partial charge in [-0.25, -0.2) is 9.98 Å². The van der Waals surface area contributed by atoms with E-state index in [9.17, 15) is 0 Å². The number of aliphatic imine (C=N–C) groups is 2. The predicted octanol–water partition coefficient (Wildman–Crippen LogP) is 3.18. The first-order chi connectivity index (χ1) is 12.5. The van der Waals surface area contributed by atoms with Crippen LogP contribution in [0.2, 0.25) is 5.02 Å². The van der Waals surface area contributed by atoms with Crippen LogP contribution in [0.5, 0.6) is 5.75 Å². The SMILES string of the molecule is CCCN(CCC)C1=CC(N)(c2ccc(OC)cc2Cl)N=C2N=CCN12. The Morgan fingerprint density at radius 2 is 2.04 bits per heavy atom. The maximum atomic E-state index is 6.73. The molecule has 3 rings (SSSR count). The molecule has 0 aliphatic carbocycles. The van der Waals surface area contributed by atoms with E-state index in [4.69, 9.17) is 27.1 Å². The number of guanidine groups is 1. The van der Waals surface area contributed by atoms with Crippen molar-refractivity contribution < 1.29 is 4.74 Å². The smallest absolute Gasteiger partial charge is 0.228 e. The van der Waals surface area contributed by atoms with Crippen LogP contribution in [0.1, 0.15) is 32.3 Å². The molecule has 0 amide bonds. The molecule has 2 aliphatic heterocycles. The molecule has 2 N–H and O–H groups in total. The van der Waals surface area contributed by atoms with Gasteiger partial charge in [-0.15, -0.1) is 0 Å². The number of hydrogen-bond donors (Lipinski definition) is 1. The standard InChI is InChI=1S/C19H26ClN5O/c1-4-9-24(10-5-2)17-13-19(21,23-18-22-8-11-25(17)18)15-7-6-14(26-3)12-16(15)20/h6-8,12-13H,4-5,9-11,21H2,1-3H3. The van der Waals surface area contributed by atoms with Crippen LogP contribution in [0.3, 0.4) is 0 Å². The summed E-state index contributed by atoms with van der Waals surface area (Å²) in [6.45, 7) is 6.97. The first kappa shape index (κ1) is 18.7. The summed E-state index contributed by atoms with van der Waals surface area (Å²) in [5.41, 5.74) is 6.41. The van der Waals surface area contributed by atoms with Crippen molar-refractivity contribution in [3.05, 3.63) is 40.7 Å². The van der Waals surface area contributed by atoms with Gasteiger partial charge in [-0.2, -0.15) is 0 Å². The van der Waals surface area contributed by atoms with Crippen LogP contribution in [-0.4, -0.2) is 48.7 Å². The lowest BCUT2D eigenvalue weighted by molar-refractivity contribution is 0.264. The van der Waals surface area contributed by atoms with Gasteiger partial charge in [0.2, 0.25) is 5.96 Å². The summed E-state index contributed by atoms with van der Waals surface area (Å²) >= 11 is 6.50. The number of rotatable bonds is 7. The molecule has 1 aromatic rings. The monoisotopic (exact) mass is 375 g/mol. The van der Waals surface area contributed by atoms with E-state index in [0.29, 0.717) is 23.3 Å². The van der Waals surface area contributed by atoms with Crippen LogP contribution >= 0.6 is 11.6 Å². The highest BCUT2D eigenvalue weighted by atomic mass is 35.5. The third kappa shape index (κ3) is 3.44. The number of ether oxygens (including phenoxy) is 1. The summed E-state index contributed by atoms with van der Waals surface area (Å²) in [4.78, 5) is 13.6. The van der Waals surface area contributed by atoms with Crippen molar-refractivity contribution in [2.75, 3.05) is 26.7 Å². The fourth-order valence-corrected chi connectivity index (χ4v) is 3.66. The summed E-state index contributed by atoms with van der Waals surface area (Å²) in [5, 5.41) is 0.528. The Morgan fingerprint density at radius 1 is 1.31 bits per heavy atom. The molecule has 0 bridgehead atoms. The van der Waals surface area contributed by atoms with Gasteiger partial charge in [-0.3, -0.25) is 10.6 Å². The molecule has 7 heteroatoms. The second kappa shape index (κ2) is 7.68. The molecular weight excluding hydrogens is 350 g/mol. The van der Waals surface area contributed by atoms with Gasteiger partial charge in [-0.05, 0) is 31.0 Å². The molecule has 140 valence electrons. The van der Waals surface area contributed by atoms with Gasteiger partial charge in [-0.1, -0.05) is 25.4 Å². The van der Waals surface area contributed by atoms with E-state index in [2.05, 4.69) is 28.6 Å². The van der Waals surface area contributed by atoms with Crippen LogP contribution in [0.4, 0.5) is 0 Å². The van der Waals surface area contributed by atoms with E-state index in [0.717, 1.165) is 37.3 Å². The molecule has 1 aromatic carbocycles. The number of halogens is 1. The largest absolute Gasteiger partial charge is 0.497 e. The van der Waals surface area contributed by atoms with Crippen LogP contribution in [0, 0.1) is 0 Å². The summed E-state index contributed by atoms with van der Waals surface area (Å²) in [5.74, 6) is 2.37. The Morgan fingerprint density at radius 3 is 2.65 bits per heavy atom. The molecule has 1 atom stereocenters. The lowest BCUT2D eigenvalue weighted by Gasteiger charge is -2.39. The first-order valence-electron chi connectivity index (χ1n) is 9.03. The van der Waals surface area contributed by atoms with E-state index in [1.54, 1.807) is 13.2 Å². The topological polar surface area (TPSA) is 66.4 Å². The molecule has 26 heavy (non-hydrogen) atoms. The number of methoxy groups -OCH3 is 1. The summed E-state index contributed by atoms with van der Waals surface area (Å²) in [6, 6.07) is 5.49. The lowest BCUT2D eigenvalue weighted by Crippen LogP contribution is -2.46. The van der Waals surface area contributed by atoms with Crippen molar-refractivity contribution in [3.63, 3.8) is 0 Å². The average molecular weight is 376 g/mol. The zero-order valence-corrected chi connectivity index (χ0v) is 16.3. The van der Waals surface area contributed by atoms with E-state index >= 15 is 0 Å². The first-order valence-corrected chi connectivity index (χ1v) is 9.40. The molecule has 0 saturated heterocycles. The van der Waals surface area contributed by atoms with Crippen LogP contribution in [0.15, 0.2) is 40.1 Å². The van der Waals surface area contributed by atoms with Gasteiger partial charge >= 0.3 is 0 Å². The van der Waals surface area contributed by atoms with Crippen molar-refractivity contribution in [2.24, 2.45) is 15.7 Å². The minimum atomic E-state index is -1.06. The van der Waals surface area contributed by atoms with Gasteiger partial charge in [0.25, 0.3) is 0 Å². The summed E-state index contributed by atoms with van der Waals surface area (Å²) in [6.07, 6.45) is 5.98. The van der Waals surface area contributed by atoms with Crippen molar-refractivity contribution in [3.8, 4) is 5.75 Å². The maximum absolute atomic E-state index is 6.73. The molecule has 0 fully saturated rings. The second-order valence-electron chi connectivity index (χ2n) is 6.49. The third-order valence-corrected chi connectivity index (χ3v) is 4.85. The molecule has 0 spiro atoms. The van der Waals surface area contributed by atoms with Crippen LogP contribution < -0.4 is 10.5 Å². The van der Waals surface area contributed by atoms with Gasteiger partial charge in [0.05, 0.1) is 18.7 Å². The van der Waals surface area contributed by atoms with Gasteiger partial charge in [0, 0.05) is 30.9 Å². The zero-order chi connectivity index (χ0) is 18.7. The highest BCUT2D eigenvalue weighted by Crippen LogP contribution is 2.36. The van der Waals surface area contributed by atoms with Crippen molar-refractivity contribution >= 4 is 23.8 Å². The Bertz CT molecular complexity index is 754. The van der Waals surface area contributed by atoms with E-state index in [-0.39, 0.29) is 0 Å². The number of fused-ring (bicyclic) bond motifs is 1. The number of nitrogens with two attached hydrogens (primary N) is 1. The fourth-order valence-electron chi connectivity index (χ4n) is 3.34. The summed E-state index contributed by atoms with van der Waals surface area (Å²) < 4.78 is 5.25. The molecule has 2 heterocycles. The number of benzene rings is 1. The normalized spacial score (nSPS) is 21.3. The summed E-state index contributed by atoms with van der Waals surface area (Å²) in [7, 11) is 1.61. The predicted molar refractivity (Wildman–Crippen MR) is 107 cm³/mol. The minimum absolute atomic E-state index is 0.528. The maximum Gasteiger partial charge on any atom is 0.228 e. The number of nitrogens with zero attached hydrogens (tertiary/aromatic N) is 4. The lowest BCUT2D eigenvalue weighted by atomic mass is 9.98.